The van der Waals surface area contributed by atoms with Crippen molar-refractivity contribution in [2.75, 3.05) is 38.5 Å². The van der Waals surface area contributed by atoms with Crippen molar-refractivity contribution in [2.45, 2.75) is 0 Å². The summed E-state index contributed by atoms with van der Waals surface area (Å²) in [5.41, 5.74) is 0. The Kier molecular flexibility index (Phi) is 10.4. The third-order valence-corrected chi connectivity index (χ3v) is 3.77. The van der Waals surface area contributed by atoms with Gasteiger partial charge in [0.05, 0.1) is 6.61 Å². The average molecular weight is 229 g/mol. The minimum atomic E-state index is -1.43. The van der Waals surface area contributed by atoms with Gasteiger partial charge in [-0.05, 0) is 4.57 Å². The minimum Gasteiger partial charge on any atom is -0.384 e. The summed E-state index contributed by atoms with van der Waals surface area (Å²) in [7, 11) is 3.73. The van der Waals surface area contributed by atoms with Gasteiger partial charge >= 0.3 is 8.03 Å². The second-order valence-electron chi connectivity index (χ2n) is 1.91. The third kappa shape index (κ3) is 10.7. The Morgan fingerprint density at radius 3 is 2.33 bits per heavy atom. The number of hydrogen-bond acceptors (Lipinski definition) is 5. The highest BCUT2D eigenvalue weighted by atomic mass is 33.1. The van der Waals surface area contributed by atoms with E-state index in [0.717, 1.165) is 18.1 Å². The van der Waals surface area contributed by atoms with Crippen LogP contribution in [0.25, 0.3) is 0 Å². The lowest BCUT2D eigenvalue weighted by Gasteiger charge is -1.97. The number of rotatable bonds is 8. The highest BCUT2D eigenvalue weighted by molar-refractivity contribution is 8.76. The van der Waals surface area contributed by atoms with Gasteiger partial charge in [0.25, 0.3) is 0 Å². The molecule has 0 bridgehead atoms. The molecule has 0 aromatic heterocycles. The van der Waals surface area contributed by atoms with Crippen molar-refractivity contribution in [2.24, 2.45) is 0 Å². The topological polar surface area (TPSA) is 35.5 Å². The molecule has 1 unspecified atom stereocenters. The van der Waals surface area contributed by atoms with Crippen LogP contribution in [0.4, 0.5) is 0 Å². The van der Waals surface area contributed by atoms with E-state index in [-0.39, 0.29) is 0 Å². The molecule has 0 radical (unpaired) electrons. The van der Waals surface area contributed by atoms with Crippen molar-refractivity contribution < 1.29 is 13.8 Å². The molecule has 0 aliphatic carbocycles. The number of hydrogen-bond donors (Lipinski definition) is 0. The smallest absolute Gasteiger partial charge is 0.384 e. The van der Waals surface area contributed by atoms with Crippen LogP contribution in [-0.2, 0) is 13.8 Å². The lowest BCUT2D eigenvalue weighted by molar-refractivity contribution is 0.219. The van der Waals surface area contributed by atoms with E-state index in [9.17, 15) is 4.57 Å². The zero-order chi connectivity index (χ0) is 9.23. The van der Waals surface area contributed by atoms with Crippen molar-refractivity contribution in [3.8, 4) is 0 Å². The summed E-state index contributed by atoms with van der Waals surface area (Å²) in [5, 5.41) is 0. The molecule has 3 nitrogen and oxygen atoms in total. The molecule has 0 aromatic carbocycles. The minimum absolute atomic E-state index is 0.566. The van der Waals surface area contributed by atoms with Gasteiger partial charge in [0.1, 0.15) is 6.61 Å². The van der Waals surface area contributed by atoms with Gasteiger partial charge in [-0.2, -0.15) is 0 Å². The largest absolute Gasteiger partial charge is 0.504 e. The highest BCUT2D eigenvalue weighted by Crippen LogP contribution is 2.22. The van der Waals surface area contributed by atoms with Crippen LogP contribution < -0.4 is 0 Å². The van der Waals surface area contributed by atoms with Crippen LogP contribution in [0.1, 0.15) is 0 Å². The molecule has 12 heavy (non-hydrogen) atoms. The molecule has 0 spiro atoms. The van der Waals surface area contributed by atoms with E-state index in [1.807, 2.05) is 0 Å². The van der Waals surface area contributed by atoms with E-state index in [1.54, 1.807) is 35.4 Å². The van der Waals surface area contributed by atoms with Crippen molar-refractivity contribution in [3.05, 3.63) is 0 Å². The van der Waals surface area contributed by atoms with Crippen LogP contribution >= 0.6 is 29.6 Å². The second-order valence-corrected chi connectivity index (χ2v) is 5.75. The fourth-order valence-corrected chi connectivity index (χ4v) is 2.64. The summed E-state index contributed by atoms with van der Waals surface area (Å²) in [6, 6.07) is 0. The Hall–Kier alpha value is 0.720. The van der Waals surface area contributed by atoms with Gasteiger partial charge in [0.15, 0.2) is 6.66 Å². The van der Waals surface area contributed by atoms with Crippen molar-refractivity contribution in [1.82, 2.24) is 0 Å². The maximum Gasteiger partial charge on any atom is 0.504 e. The number of ether oxygens (including phenoxy) is 1. The number of methoxy groups -OCH3 is 1. The van der Waals surface area contributed by atoms with Crippen LogP contribution in [0, 0.1) is 0 Å². The third-order valence-electron chi connectivity index (χ3n) is 0.894. The van der Waals surface area contributed by atoms with Crippen LogP contribution in [0.15, 0.2) is 0 Å². The Bertz CT molecular complexity index is 123. The highest BCUT2D eigenvalue weighted by Gasteiger charge is 2.04. The lowest BCUT2D eigenvalue weighted by atomic mass is 10.9. The summed E-state index contributed by atoms with van der Waals surface area (Å²) in [6.07, 6.45) is 0. The maximum absolute atomic E-state index is 10.5. The molecule has 0 saturated carbocycles. The summed E-state index contributed by atoms with van der Waals surface area (Å²) in [6.45, 7) is 2.91. The molecule has 0 heterocycles. The van der Waals surface area contributed by atoms with Gasteiger partial charge in [0, 0.05) is 18.6 Å². The molecule has 0 N–H and O–H groups in total. The summed E-state index contributed by atoms with van der Waals surface area (Å²) in [5.74, 6) is 1.86. The molecule has 0 saturated heterocycles. The average Bonchev–Trinajstić information content (AvgIpc) is 2.02. The molecule has 0 fully saturated rings. The van der Waals surface area contributed by atoms with Crippen molar-refractivity contribution in [3.63, 3.8) is 0 Å². The van der Waals surface area contributed by atoms with E-state index < -0.39 is 8.03 Å². The van der Waals surface area contributed by atoms with Gasteiger partial charge in [0.2, 0.25) is 0 Å². The first kappa shape index (κ1) is 12.7. The van der Waals surface area contributed by atoms with Crippen LogP contribution in [0.3, 0.4) is 0 Å². The predicted molar refractivity (Wildman–Crippen MR) is 56.3 cm³/mol. The molecule has 72 valence electrons. The quantitative estimate of drug-likeness (QED) is 0.363. The van der Waals surface area contributed by atoms with Crippen molar-refractivity contribution >= 4 is 29.6 Å². The van der Waals surface area contributed by atoms with E-state index in [1.165, 1.54) is 0 Å². The Labute approximate surface area is 82.2 Å². The normalized spacial score (nSPS) is 11.7. The molecular formula is C6H14O3PS2+. The predicted octanol–water partition coefficient (Wildman–Crippen LogP) is 2.40. The van der Waals surface area contributed by atoms with Crippen LogP contribution in [0.2, 0.25) is 0 Å². The monoisotopic (exact) mass is 229 g/mol. The van der Waals surface area contributed by atoms with Gasteiger partial charge < -0.3 is 4.74 Å². The SMILES string of the molecule is COCCSSCCO[P+](C)=O. The van der Waals surface area contributed by atoms with Gasteiger partial charge in [-0.3, -0.25) is 0 Å². The Morgan fingerprint density at radius 1 is 1.25 bits per heavy atom. The van der Waals surface area contributed by atoms with Crippen LogP contribution in [0.5, 0.6) is 0 Å². The first-order valence-corrected chi connectivity index (χ1v) is 7.65. The molecule has 0 amide bonds. The Morgan fingerprint density at radius 2 is 1.83 bits per heavy atom. The molecule has 1 atom stereocenters. The lowest BCUT2D eigenvalue weighted by Crippen LogP contribution is -1.91. The van der Waals surface area contributed by atoms with E-state index in [4.69, 9.17) is 9.26 Å². The zero-order valence-electron chi connectivity index (χ0n) is 7.32. The molecule has 0 aromatic rings. The van der Waals surface area contributed by atoms with E-state index >= 15 is 0 Å². The molecule has 0 aliphatic heterocycles. The summed E-state index contributed by atoms with van der Waals surface area (Å²) < 4.78 is 20.2. The Balaban J connectivity index is 2.86. The fraction of sp³-hybridized carbons (Fsp3) is 1.00. The second kappa shape index (κ2) is 9.81. The molecule has 0 aliphatic rings. The van der Waals surface area contributed by atoms with Crippen LogP contribution in [-0.4, -0.2) is 38.5 Å². The fourth-order valence-electron chi connectivity index (χ4n) is 0.435. The summed E-state index contributed by atoms with van der Waals surface area (Å²) in [4.78, 5) is 0. The zero-order valence-corrected chi connectivity index (χ0v) is 9.84. The molecular weight excluding hydrogens is 215 g/mol. The van der Waals surface area contributed by atoms with Gasteiger partial charge in [-0.15, -0.1) is 4.52 Å². The molecule has 0 rings (SSSR count). The van der Waals surface area contributed by atoms with Crippen molar-refractivity contribution in [1.29, 1.82) is 0 Å². The molecule has 6 heteroatoms. The van der Waals surface area contributed by atoms with Gasteiger partial charge in [-0.1, -0.05) is 21.6 Å². The van der Waals surface area contributed by atoms with Gasteiger partial charge in [-0.25, -0.2) is 0 Å². The first-order chi connectivity index (χ1) is 5.77. The first-order valence-electron chi connectivity index (χ1n) is 3.54. The van der Waals surface area contributed by atoms with E-state index in [2.05, 4.69) is 0 Å². The maximum atomic E-state index is 10.5. The standard InChI is InChI=1S/C6H14O3PS2/c1-8-3-5-11-12-6-4-9-10(2)7/h3-6H2,1-2H3/q+1. The van der Waals surface area contributed by atoms with E-state index in [0.29, 0.717) is 6.61 Å². The summed E-state index contributed by atoms with van der Waals surface area (Å²) >= 11 is 0.